The Labute approximate surface area is 381 Å². The molecular formula is C53H70N2O9+2. The van der Waals surface area contributed by atoms with Gasteiger partial charge in [-0.1, -0.05) is 24.3 Å². The molecule has 6 rings (SSSR count). The average molecular weight is 879 g/mol. The van der Waals surface area contributed by atoms with E-state index in [1.807, 2.05) is 6.92 Å². The zero-order valence-electron chi connectivity index (χ0n) is 40.3. The quantitative estimate of drug-likeness (QED) is 0.0421. The molecule has 4 unspecified atom stereocenters. The van der Waals surface area contributed by atoms with Crippen LogP contribution in [0.25, 0.3) is 0 Å². The lowest BCUT2D eigenvalue weighted by molar-refractivity contribution is -0.941. The number of likely N-dealkylation sites (N-methyl/N-ethyl adjacent to an activating group) is 2. The van der Waals surface area contributed by atoms with Gasteiger partial charge in [-0.05, 0) is 103 Å². The number of hydrogen-bond acceptors (Lipinski definition) is 9. The minimum Gasteiger partial charge on any atom is -0.496 e. The van der Waals surface area contributed by atoms with E-state index in [4.69, 9.17) is 33.2 Å². The summed E-state index contributed by atoms with van der Waals surface area (Å²) in [5.41, 5.74) is 13.4. The molecule has 4 aromatic carbocycles. The van der Waals surface area contributed by atoms with Gasteiger partial charge in [0.05, 0.1) is 94.6 Å². The number of hydrogen-bond donors (Lipinski definition) is 0. The molecule has 0 fully saturated rings. The van der Waals surface area contributed by atoms with Crippen LogP contribution in [0.3, 0.4) is 0 Å². The van der Waals surface area contributed by atoms with Crippen molar-refractivity contribution in [2.45, 2.75) is 78.8 Å². The van der Waals surface area contributed by atoms with Crippen molar-refractivity contribution >= 4 is 11.9 Å². The highest BCUT2D eigenvalue weighted by molar-refractivity contribution is 5.91. The van der Waals surface area contributed by atoms with Crippen molar-refractivity contribution in [1.82, 2.24) is 0 Å². The number of carbonyl (C=O) groups excluding carboxylic acids is 2. The highest BCUT2D eigenvalue weighted by Gasteiger charge is 2.43. The molecule has 0 spiro atoms. The molecular weight excluding hydrogens is 809 g/mol. The molecule has 0 aromatic heterocycles. The predicted octanol–water partition coefficient (Wildman–Crippen LogP) is 8.77. The van der Waals surface area contributed by atoms with Crippen LogP contribution in [-0.4, -0.2) is 110 Å². The summed E-state index contributed by atoms with van der Waals surface area (Å²) >= 11 is 0. The van der Waals surface area contributed by atoms with Crippen LogP contribution in [0, 0.1) is 34.6 Å². The van der Waals surface area contributed by atoms with Crippen molar-refractivity contribution < 1.29 is 51.7 Å². The lowest BCUT2D eigenvalue weighted by atomic mass is 9.83. The molecule has 64 heavy (non-hydrogen) atoms. The third-order valence-corrected chi connectivity index (χ3v) is 14.0. The number of ether oxygens (including phenoxy) is 7. The monoisotopic (exact) mass is 879 g/mol. The van der Waals surface area contributed by atoms with Crippen LogP contribution in [0.1, 0.15) is 86.1 Å². The molecule has 0 radical (unpaired) electrons. The summed E-state index contributed by atoms with van der Waals surface area (Å²) in [6.07, 6.45) is 6.29. The highest BCUT2D eigenvalue weighted by Crippen LogP contribution is 2.47. The molecule has 2 aliphatic rings. The Balaban J connectivity index is 1.06. The van der Waals surface area contributed by atoms with Gasteiger partial charge in [0, 0.05) is 55.4 Å². The van der Waals surface area contributed by atoms with Gasteiger partial charge in [0.15, 0.2) is 23.0 Å². The van der Waals surface area contributed by atoms with Gasteiger partial charge < -0.3 is 42.1 Å². The summed E-state index contributed by atoms with van der Waals surface area (Å²) in [6.45, 7) is 14.5. The third kappa shape index (κ3) is 10.2. The van der Waals surface area contributed by atoms with E-state index in [2.05, 4.69) is 90.3 Å². The lowest BCUT2D eigenvalue weighted by Crippen LogP contribution is -2.53. The molecule has 344 valence electrons. The van der Waals surface area contributed by atoms with Crippen LogP contribution in [0.15, 0.2) is 60.7 Å². The Morgan fingerprint density at radius 1 is 0.609 bits per heavy atom. The Morgan fingerprint density at radius 2 is 1.20 bits per heavy atom. The normalized spacial score (nSPS) is 20.2. The van der Waals surface area contributed by atoms with E-state index in [1.54, 1.807) is 35.5 Å². The zero-order valence-corrected chi connectivity index (χ0v) is 40.3. The van der Waals surface area contributed by atoms with Crippen molar-refractivity contribution in [1.29, 1.82) is 0 Å². The maximum Gasteiger partial charge on any atom is 0.331 e. The predicted molar refractivity (Wildman–Crippen MR) is 250 cm³/mol. The number of aryl methyl sites for hydroxylation is 4. The summed E-state index contributed by atoms with van der Waals surface area (Å²) in [5.74, 6) is 2.59. The van der Waals surface area contributed by atoms with Crippen LogP contribution in [0.4, 0.5) is 0 Å². The largest absolute Gasteiger partial charge is 0.496 e. The van der Waals surface area contributed by atoms with E-state index in [0.717, 1.165) is 78.4 Å². The van der Waals surface area contributed by atoms with Gasteiger partial charge in [0.25, 0.3) is 0 Å². The molecule has 2 aliphatic heterocycles. The number of carbonyl (C=O) groups is 2. The van der Waals surface area contributed by atoms with Crippen LogP contribution in [0.5, 0.6) is 28.7 Å². The molecule has 0 amide bonds. The van der Waals surface area contributed by atoms with Gasteiger partial charge >= 0.3 is 11.9 Å². The van der Waals surface area contributed by atoms with Crippen molar-refractivity contribution in [3.05, 3.63) is 122 Å². The maximum absolute atomic E-state index is 12.8. The summed E-state index contributed by atoms with van der Waals surface area (Å²) in [7, 11) is 12.9. The van der Waals surface area contributed by atoms with E-state index in [-0.39, 0.29) is 25.3 Å². The third-order valence-electron chi connectivity index (χ3n) is 14.0. The van der Waals surface area contributed by atoms with Gasteiger partial charge in [-0.3, -0.25) is 0 Å². The first-order valence-electron chi connectivity index (χ1n) is 22.5. The van der Waals surface area contributed by atoms with Crippen LogP contribution in [-0.2, 0) is 38.3 Å². The first-order valence-corrected chi connectivity index (χ1v) is 22.5. The summed E-state index contributed by atoms with van der Waals surface area (Å²) in [4.78, 5) is 25.7. The summed E-state index contributed by atoms with van der Waals surface area (Å²) in [6, 6.07) is 17.6. The van der Waals surface area contributed by atoms with E-state index in [0.29, 0.717) is 40.3 Å². The topological polar surface area (TPSA) is 98.8 Å². The number of fused-ring (bicyclic) bond motifs is 2. The van der Waals surface area contributed by atoms with Crippen LogP contribution in [0.2, 0.25) is 0 Å². The molecule has 0 N–H and O–H groups in total. The van der Waals surface area contributed by atoms with Crippen molar-refractivity contribution in [3.8, 4) is 28.7 Å². The minimum absolute atomic E-state index is 0.0672. The number of benzene rings is 4. The lowest BCUT2D eigenvalue weighted by Gasteiger charge is -2.46. The van der Waals surface area contributed by atoms with Gasteiger partial charge in [-0.15, -0.1) is 0 Å². The van der Waals surface area contributed by atoms with E-state index in [1.165, 1.54) is 50.6 Å². The first-order chi connectivity index (χ1) is 30.6. The minimum atomic E-state index is -0.578. The Hall–Kier alpha value is -5.52. The van der Waals surface area contributed by atoms with Gasteiger partial charge in [-0.25, -0.2) is 9.59 Å². The molecule has 2 heterocycles. The molecule has 11 heteroatoms. The van der Waals surface area contributed by atoms with Crippen molar-refractivity contribution in [3.63, 3.8) is 0 Å². The summed E-state index contributed by atoms with van der Waals surface area (Å²) < 4.78 is 41.7. The Bertz CT molecular complexity index is 2370. The number of rotatable bonds is 18. The van der Waals surface area contributed by atoms with Crippen molar-refractivity contribution in [2.75, 3.05) is 89.0 Å². The SMILES string of the molecule is COc1cc2c(cc1OC)C(c1cc(C)c(OC)c(OC)c1)[N+](C)(CCCOC(=O)/C=C/C(=O)OCCC[N+]1(C)CCc3cc(C)c(C)c(OC)c3C1Cc1ccc(C)c(C)c1)CC2. The molecule has 11 nitrogen and oxygen atoms in total. The first kappa shape index (κ1) is 47.9. The molecule has 0 saturated heterocycles. The van der Waals surface area contributed by atoms with E-state index in [9.17, 15) is 9.59 Å². The number of quaternary nitrogens is 2. The molecule has 0 bridgehead atoms. The molecule has 0 aliphatic carbocycles. The maximum atomic E-state index is 12.8. The van der Waals surface area contributed by atoms with Crippen LogP contribution < -0.4 is 23.7 Å². The second kappa shape index (κ2) is 20.5. The van der Waals surface area contributed by atoms with Gasteiger partial charge in [0.1, 0.15) is 17.8 Å². The second-order valence-electron chi connectivity index (χ2n) is 18.2. The fourth-order valence-electron chi connectivity index (χ4n) is 10.2. The zero-order chi connectivity index (χ0) is 46.3. The fraction of sp³-hybridized carbons (Fsp3) is 0.472. The average Bonchev–Trinajstić information content (AvgIpc) is 3.28. The fourth-order valence-corrected chi connectivity index (χ4v) is 10.2. The second-order valence-corrected chi connectivity index (χ2v) is 18.2. The molecule has 4 atom stereocenters. The highest BCUT2D eigenvalue weighted by atomic mass is 16.5. The number of methoxy groups -OCH3 is 5. The van der Waals surface area contributed by atoms with Gasteiger partial charge in [-0.2, -0.15) is 0 Å². The Kier molecular flexibility index (Phi) is 15.4. The molecule has 4 aromatic rings. The van der Waals surface area contributed by atoms with Crippen LogP contribution >= 0.6 is 0 Å². The standard InChI is InChI=1S/C53H70N2O9/c1-34-15-16-39(27-35(34)2)30-44-50-41(28-36(3)38(5)53(50)62-12)20-23-54(44,6)21-13-25-63-48(56)17-18-49(57)64-26-14-22-55(7)24-19-40-31-45(58-8)46(59-9)33-43(40)51(55)42-29-37(4)52(61-11)47(32-42)60-10/h15-18,27-29,31-33,44,51H,13-14,19-26,30H2,1-12H3/q+2/b18-17+. The number of nitrogens with zero attached hydrogens (tertiary/aromatic N) is 2. The summed E-state index contributed by atoms with van der Waals surface area (Å²) in [5, 5.41) is 0. The van der Waals surface area contributed by atoms with Crippen molar-refractivity contribution in [2.24, 2.45) is 0 Å². The van der Waals surface area contributed by atoms with Gasteiger partial charge in [0.2, 0.25) is 0 Å². The molecule has 0 saturated carbocycles. The van der Waals surface area contributed by atoms with E-state index < -0.39 is 11.9 Å². The number of esters is 2. The van der Waals surface area contributed by atoms with E-state index >= 15 is 0 Å². The Morgan fingerprint density at radius 3 is 1.81 bits per heavy atom. The smallest absolute Gasteiger partial charge is 0.331 e.